The first-order valence-corrected chi connectivity index (χ1v) is 10.2. The Morgan fingerprint density at radius 3 is 2.64 bits per heavy atom. The predicted molar refractivity (Wildman–Crippen MR) is 98.9 cm³/mol. The van der Waals surface area contributed by atoms with Gasteiger partial charge in [0.1, 0.15) is 0 Å². The summed E-state index contributed by atoms with van der Waals surface area (Å²) in [7, 11) is -2.24. The number of amides is 1. The summed E-state index contributed by atoms with van der Waals surface area (Å²) in [5, 5.41) is 8.55. The number of hydrogen-bond acceptors (Lipinski definition) is 7. The van der Waals surface area contributed by atoms with E-state index in [1.54, 1.807) is 6.92 Å². The lowest BCUT2D eigenvalue weighted by Gasteiger charge is -2.26. The average molecular weight is 409 g/mol. The fourth-order valence-corrected chi connectivity index (χ4v) is 4.01. The molecule has 1 aliphatic rings. The van der Waals surface area contributed by atoms with E-state index in [9.17, 15) is 18.0 Å². The van der Waals surface area contributed by atoms with E-state index in [2.05, 4.69) is 0 Å². The van der Waals surface area contributed by atoms with Crippen LogP contribution < -0.4 is 0 Å². The lowest BCUT2D eigenvalue weighted by Crippen LogP contribution is -2.40. The summed E-state index contributed by atoms with van der Waals surface area (Å²) in [6.45, 7) is 2.55. The van der Waals surface area contributed by atoms with Crippen molar-refractivity contribution in [3.05, 3.63) is 29.3 Å². The number of rotatable bonds is 7. The Bertz CT molecular complexity index is 872. The van der Waals surface area contributed by atoms with E-state index in [0.29, 0.717) is 18.8 Å². The lowest BCUT2D eigenvalue weighted by molar-refractivity contribution is -0.133. The van der Waals surface area contributed by atoms with Crippen LogP contribution in [0.25, 0.3) is 0 Å². The topological polar surface area (TPSA) is 117 Å². The SMILES string of the molecule is Cc1ccc(S(=O)(=O)N2CCOCC2)cc1C(=O)OCC(=O)N(C)CCC#N. The zero-order chi connectivity index (χ0) is 20.7. The molecule has 0 radical (unpaired) electrons. The highest BCUT2D eigenvalue weighted by molar-refractivity contribution is 7.89. The van der Waals surface area contributed by atoms with Gasteiger partial charge in [0.05, 0.1) is 36.2 Å². The molecule has 0 atom stereocenters. The highest BCUT2D eigenvalue weighted by atomic mass is 32.2. The molecule has 9 nitrogen and oxygen atoms in total. The Morgan fingerprint density at radius 1 is 1.32 bits per heavy atom. The van der Waals surface area contributed by atoms with Crippen LogP contribution in [0.2, 0.25) is 0 Å². The number of morpholine rings is 1. The van der Waals surface area contributed by atoms with Crippen LogP contribution in [0, 0.1) is 18.3 Å². The van der Waals surface area contributed by atoms with Crippen LogP contribution in [0.5, 0.6) is 0 Å². The van der Waals surface area contributed by atoms with Gasteiger partial charge < -0.3 is 14.4 Å². The molecule has 0 spiro atoms. The van der Waals surface area contributed by atoms with Crippen molar-refractivity contribution in [2.75, 3.05) is 46.5 Å². The zero-order valence-electron chi connectivity index (χ0n) is 15.9. The quantitative estimate of drug-likeness (QED) is 0.604. The first-order chi connectivity index (χ1) is 13.3. The van der Waals surface area contributed by atoms with Gasteiger partial charge in [-0.05, 0) is 24.6 Å². The molecule has 0 unspecified atom stereocenters. The number of carbonyl (C=O) groups is 2. The zero-order valence-corrected chi connectivity index (χ0v) is 16.7. The molecule has 1 heterocycles. The maximum absolute atomic E-state index is 12.8. The van der Waals surface area contributed by atoms with Crippen molar-refractivity contribution in [2.45, 2.75) is 18.2 Å². The van der Waals surface area contributed by atoms with Crippen molar-refractivity contribution in [3.8, 4) is 6.07 Å². The van der Waals surface area contributed by atoms with Gasteiger partial charge in [0.25, 0.3) is 5.91 Å². The third-order valence-electron chi connectivity index (χ3n) is 4.35. The summed E-state index contributed by atoms with van der Waals surface area (Å²) in [6, 6.07) is 6.17. The van der Waals surface area contributed by atoms with Crippen LogP contribution in [0.3, 0.4) is 0 Å². The Hall–Kier alpha value is -2.48. The maximum Gasteiger partial charge on any atom is 0.338 e. The standard InChI is InChI=1S/C18H23N3O6S/c1-14-4-5-15(28(24,25)21-8-10-26-11-9-21)12-16(14)18(23)27-13-17(22)20(2)7-3-6-19/h4-5,12H,3,7-11,13H2,1-2H3. The molecular formula is C18H23N3O6S. The van der Waals surface area contributed by atoms with Crippen LogP contribution in [0.4, 0.5) is 0 Å². The third kappa shape index (κ3) is 5.28. The fraction of sp³-hybridized carbons (Fsp3) is 0.500. The van der Waals surface area contributed by atoms with E-state index in [4.69, 9.17) is 14.7 Å². The summed E-state index contributed by atoms with van der Waals surface area (Å²) in [5.74, 6) is -1.23. The van der Waals surface area contributed by atoms with Crippen molar-refractivity contribution in [3.63, 3.8) is 0 Å². The van der Waals surface area contributed by atoms with Gasteiger partial charge in [0, 0.05) is 26.7 Å². The first-order valence-electron chi connectivity index (χ1n) is 8.74. The molecule has 10 heteroatoms. The van der Waals surface area contributed by atoms with Crippen LogP contribution in [0.1, 0.15) is 22.3 Å². The van der Waals surface area contributed by atoms with Crippen molar-refractivity contribution in [2.24, 2.45) is 0 Å². The van der Waals surface area contributed by atoms with Gasteiger partial charge in [-0.2, -0.15) is 9.57 Å². The van der Waals surface area contributed by atoms with Gasteiger partial charge in [-0.1, -0.05) is 6.07 Å². The minimum Gasteiger partial charge on any atom is -0.452 e. The van der Waals surface area contributed by atoms with E-state index in [1.807, 2.05) is 6.07 Å². The van der Waals surface area contributed by atoms with Gasteiger partial charge in [-0.25, -0.2) is 13.2 Å². The Kier molecular flexibility index (Phi) is 7.51. The third-order valence-corrected chi connectivity index (χ3v) is 6.24. The molecule has 1 aliphatic heterocycles. The minimum absolute atomic E-state index is 0.00980. The van der Waals surface area contributed by atoms with E-state index >= 15 is 0 Å². The van der Waals surface area contributed by atoms with Crippen molar-refractivity contribution < 1.29 is 27.5 Å². The number of carbonyl (C=O) groups excluding carboxylic acids is 2. The monoisotopic (exact) mass is 409 g/mol. The second kappa shape index (κ2) is 9.64. The second-order valence-electron chi connectivity index (χ2n) is 6.29. The first kappa shape index (κ1) is 21.8. The molecule has 0 saturated carbocycles. The Balaban J connectivity index is 2.11. The number of aryl methyl sites for hydroxylation is 1. The normalized spacial score (nSPS) is 14.9. The lowest BCUT2D eigenvalue weighted by atomic mass is 10.1. The maximum atomic E-state index is 12.8. The van der Waals surface area contributed by atoms with Gasteiger partial charge in [-0.15, -0.1) is 0 Å². The van der Waals surface area contributed by atoms with Gasteiger partial charge in [0.15, 0.2) is 6.61 Å². The summed E-state index contributed by atoms with van der Waals surface area (Å²) >= 11 is 0. The van der Waals surface area contributed by atoms with E-state index in [-0.39, 0.29) is 36.5 Å². The number of hydrogen-bond donors (Lipinski definition) is 0. The molecule has 0 aliphatic carbocycles. The van der Waals surface area contributed by atoms with Crippen molar-refractivity contribution in [1.29, 1.82) is 5.26 Å². The molecule has 1 saturated heterocycles. The number of benzene rings is 1. The molecule has 1 aromatic carbocycles. The molecule has 2 rings (SSSR count). The molecular weight excluding hydrogens is 386 g/mol. The van der Waals surface area contributed by atoms with E-state index < -0.39 is 28.5 Å². The second-order valence-corrected chi connectivity index (χ2v) is 8.23. The summed E-state index contributed by atoms with van der Waals surface area (Å²) < 4.78 is 37.0. The van der Waals surface area contributed by atoms with Gasteiger partial charge >= 0.3 is 5.97 Å². The van der Waals surface area contributed by atoms with Crippen molar-refractivity contribution >= 4 is 21.9 Å². The summed E-state index contributed by atoms with van der Waals surface area (Å²) in [4.78, 5) is 25.6. The molecule has 1 fully saturated rings. The fourth-order valence-electron chi connectivity index (χ4n) is 2.58. The molecule has 28 heavy (non-hydrogen) atoms. The molecule has 0 aromatic heterocycles. The number of sulfonamides is 1. The molecule has 0 bridgehead atoms. The highest BCUT2D eigenvalue weighted by Gasteiger charge is 2.27. The molecule has 0 N–H and O–H groups in total. The molecule has 1 aromatic rings. The highest BCUT2D eigenvalue weighted by Crippen LogP contribution is 2.21. The van der Waals surface area contributed by atoms with Crippen LogP contribution >= 0.6 is 0 Å². The summed E-state index contributed by atoms with van der Waals surface area (Å²) in [5.41, 5.74) is 0.623. The Labute approximate surface area is 164 Å². The minimum atomic E-state index is -3.75. The van der Waals surface area contributed by atoms with Crippen LogP contribution in [-0.4, -0.2) is 76.0 Å². The predicted octanol–water partition coefficient (Wildman–Crippen LogP) is 0.545. The average Bonchev–Trinajstić information content (AvgIpc) is 2.70. The number of ether oxygens (including phenoxy) is 2. The Morgan fingerprint density at radius 2 is 2.00 bits per heavy atom. The van der Waals surface area contributed by atoms with E-state index in [0.717, 1.165) is 0 Å². The van der Waals surface area contributed by atoms with Crippen molar-refractivity contribution in [1.82, 2.24) is 9.21 Å². The number of nitrogens with zero attached hydrogens (tertiary/aromatic N) is 3. The largest absolute Gasteiger partial charge is 0.452 e. The smallest absolute Gasteiger partial charge is 0.338 e. The molecule has 1 amide bonds. The van der Waals surface area contributed by atoms with Crippen LogP contribution in [0.15, 0.2) is 23.1 Å². The van der Waals surface area contributed by atoms with Gasteiger partial charge in [-0.3, -0.25) is 4.79 Å². The number of nitriles is 1. The van der Waals surface area contributed by atoms with E-state index in [1.165, 1.54) is 34.5 Å². The van der Waals surface area contributed by atoms with Gasteiger partial charge in [0.2, 0.25) is 10.0 Å². The number of esters is 1. The number of likely N-dealkylation sites (N-methyl/N-ethyl adjacent to an activating group) is 1. The molecule has 152 valence electrons. The summed E-state index contributed by atoms with van der Waals surface area (Å²) in [6.07, 6.45) is 0.177. The van der Waals surface area contributed by atoms with Crippen LogP contribution in [-0.2, 0) is 24.3 Å².